The Bertz CT molecular complexity index is 724. The molecule has 8 heteroatoms. The summed E-state index contributed by atoms with van der Waals surface area (Å²) in [7, 11) is 1.45. The predicted octanol–water partition coefficient (Wildman–Crippen LogP) is 3.09. The minimum absolute atomic E-state index is 0.0306. The zero-order valence-corrected chi connectivity index (χ0v) is 12.7. The molecule has 0 atom stereocenters. The smallest absolute Gasteiger partial charge is 0.344 e. The molecule has 0 aliphatic carbocycles. The second-order valence-electron chi connectivity index (χ2n) is 4.20. The van der Waals surface area contributed by atoms with E-state index in [1.165, 1.54) is 7.11 Å². The number of fused-ring (bicyclic) bond motifs is 1. The van der Waals surface area contributed by atoms with Gasteiger partial charge in [-0.25, -0.2) is 18.6 Å². The highest BCUT2D eigenvalue weighted by atomic mass is 32.2. The Morgan fingerprint density at radius 1 is 1.36 bits per heavy atom. The summed E-state index contributed by atoms with van der Waals surface area (Å²) < 4.78 is 36.4. The monoisotopic (exact) mass is 329 g/mol. The van der Waals surface area contributed by atoms with Crippen molar-refractivity contribution >= 4 is 28.6 Å². The summed E-state index contributed by atoms with van der Waals surface area (Å²) in [5.74, 6) is -3.37. The number of rotatable bonds is 5. The van der Waals surface area contributed by atoms with Gasteiger partial charge in [-0.2, -0.15) is 0 Å². The van der Waals surface area contributed by atoms with E-state index in [1.807, 2.05) is 0 Å². The van der Waals surface area contributed by atoms with E-state index in [2.05, 4.69) is 4.98 Å². The number of esters is 1. The fourth-order valence-corrected chi connectivity index (χ4v) is 2.54. The zero-order valence-electron chi connectivity index (χ0n) is 11.9. The molecule has 5 nitrogen and oxygen atoms in total. The fourth-order valence-electron chi connectivity index (χ4n) is 1.83. The first kappa shape index (κ1) is 16.4. The molecule has 0 amide bonds. The van der Waals surface area contributed by atoms with E-state index < -0.39 is 23.4 Å². The van der Waals surface area contributed by atoms with Gasteiger partial charge in [0.1, 0.15) is 16.3 Å². The zero-order chi connectivity index (χ0) is 16.3. The van der Waals surface area contributed by atoms with Gasteiger partial charge >= 0.3 is 5.97 Å². The van der Waals surface area contributed by atoms with Gasteiger partial charge < -0.3 is 14.6 Å². The van der Waals surface area contributed by atoms with Crippen LogP contribution in [0.4, 0.5) is 8.78 Å². The van der Waals surface area contributed by atoms with Crippen LogP contribution in [-0.2, 0) is 9.47 Å². The number of hydrogen-bond acceptors (Lipinski definition) is 6. The first-order chi connectivity index (χ1) is 10.5. The SMILES string of the molecule is CCOC(=O)c1c(SCOC)nc2cc(F)c(F)cc2c1O. The van der Waals surface area contributed by atoms with Crippen molar-refractivity contribution in [1.29, 1.82) is 0 Å². The molecule has 22 heavy (non-hydrogen) atoms. The number of carbonyl (C=O) groups excluding carboxylic acids is 1. The van der Waals surface area contributed by atoms with Gasteiger partial charge in [-0.15, -0.1) is 0 Å². The van der Waals surface area contributed by atoms with Gasteiger partial charge in [0.2, 0.25) is 0 Å². The molecular weight excluding hydrogens is 316 g/mol. The number of aromatic hydroxyl groups is 1. The van der Waals surface area contributed by atoms with Crippen molar-refractivity contribution in [3.63, 3.8) is 0 Å². The first-order valence-electron chi connectivity index (χ1n) is 6.30. The maximum Gasteiger partial charge on any atom is 0.344 e. The van der Waals surface area contributed by atoms with E-state index in [-0.39, 0.29) is 34.0 Å². The maximum atomic E-state index is 13.4. The summed E-state index contributed by atoms with van der Waals surface area (Å²) in [6.45, 7) is 1.71. The number of pyridine rings is 1. The lowest BCUT2D eigenvalue weighted by Crippen LogP contribution is -2.09. The van der Waals surface area contributed by atoms with Crippen molar-refractivity contribution in [2.45, 2.75) is 11.9 Å². The number of ether oxygens (including phenoxy) is 2. The molecular formula is C14H13F2NO4S. The van der Waals surface area contributed by atoms with Crippen molar-refractivity contribution in [2.75, 3.05) is 19.7 Å². The number of nitrogens with zero attached hydrogens (tertiary/aromatic N) is 1. The topological polar surface area (TPSA) is 68.7 Å². The van der Waals surface area contributed by atoms with Crippen LogP contribution in [0.5, 0.6) is 5.75 Å². The Balaban J connectivity index is 2.69. The van der Waals surface area contributed by atoms with Crippen molar-refractivity contribution in [1.82, 2.24) is 4.98 Å². The molecule has 0 aliphatic rings. The minimum atomic E-state index is -1.14. The first-order valence-corrected chi connectivity index (χ1v) is 7.28. The minimum Gasteiger partial charge on any atom is -0.506 e. The molecule has 0 fully saturated rings. The lowest BCUT2D eigenvalue weighted by Gasteiger charge is -2.12. The van der Waals surface area contributed by atoms with Crippen molar-refractivity contribution in [3.05, 3.63) is 29.3 Å². The van der Waals surface area contributed by atoms with E-state index >= 15 is 0 Å². The lowest BCUT2D eigenvalue weighted by molar-refractivity contribution is 0.0518. The molecule has 1 N–H and O–H groups in total. The highest BCUT2D eigenvalue weighted by Gasteiger charge is 2.23. The average Bonchev–Trinajstić information content (AvgIpc) is 2.47. The maximum absolute atomic E-state index is 13.4. The van der Waals surface area contributed by atoms with Crippen LogP contribution in [0.15, 0.2) is 17.2 Å². The van der Waals surface area contributed by atoms with E-state index in [4.69, 9.17) is 9.47 Å². The van der Waals surface area contributed by atoms with Gasteiger partial charge in [0.05, 0.1) is 18.1 Å². The highest BCUT2D eigenvalue weighted by Crippen LogP contribution is 2.35. The number of thioether (sulfide) groups is 1. The van der Waals surface area contributed by atoms with Crippen molar-refractivity contribution < 1.29 is 28.2 Å². The molecule has 1 heterocycles. The van der Waals surface area contributed by atoms with Gasteiger partial charge in [-0.1, -0.05) is 11.8 Å². The highest BCUT2D eigenvalue weighted by molar-refractivity contribution is 7.99. The van der Waals surface area contributed by atoms with Crippen molar-refractivity contribution in [3.8, 4) is 5.75 Å². The Morgan fingerprint density at radius 3 is 2.68 bits per heavy atom. The third kappa shape index (κ3) is 3.12. The molecule has 1 aromatic heterocycles. The lowest BCUT2D eigenvalue weighted by atomic mass is 10.1. The normalized spacial score (nSPS) is 10.9. The molecule has 0 saturated heterocycles. The van der Waals surface area contributed by atoms with E-state index in [0.717, 1.165) is 23.9 Å². The Morgan fingerprint density at radius 2 is 2.05 bits per heavy atom. The summed E-state index contributed by atoms with van der Waals surface area (Å²) in [5, 5.41) is 10.3. The van der Waals surface area contributed by atoms with Gasteiger partial charge in [0.15, 0.2) is 11.6 Å². The summed E-state index contributed by atoms with van der Waals surface area (Å²) in [4.78, 5) is 16.1. The van der Waals surface area contributed by atoms with Crippen LogP contribution in [0.25, 0.3) is 10.9 Å². The predicted molar refractivity (Wildman–Crippen MR) is 77.0 cm³/mol. The second kappa shape index (κ2) is 6.89. The van der Waals surface area contributed by atoms with Gasteiger partial charge in [0, 0.05) is 18.6 Å². The Kier molecular flexibility index (Phi) is 5.15. The standard InChI is InChI=1S/C14H13F2NO4S/c1-3-21-14(19)11-12(18)7-4-8(15)9(16)5-10(7)17-13(11)22-6-20-2/h4-5H,3,6H2,1-2H3,(H,17,18). The van der Waals surface area contributed by atoms with E-state index in [9.17, 15) is 18.7 Å². The molecule has 0 spiro atoms. The Hall–Kier alpha value is -1.93. The summed E-state index contributed by atoms with van der Waals surface area (Å²) in [6.07, 6.45) is 0. The summed E-state index contributed by atoms with van der Waals surface area (Å²) in [5.41, 5.74) is -0.162. The number of carbonyl (C=O) groups is 1. The molecule has 0 saturated carbocycles. The number of aromatic nitrogens is 1. The van der Waals surface area contributed by atoms with E-state index in [0.29, 0.717) is 0 Å². The summed E-state index contributed by atoms with van der Waals surface area (Å²) >= 11 is 1.03. The number of benzene rings is 1. The largest absolute Gasteiger partial charge is 0.506 e. The molecule has 0 bridgehead atoms. The molecule has 0 radical (unpaired) electrons. The third-order valence-electron chi connectivity index (χ3n) is 2.76. The molecule has 0 unspecified atom stereocenters. The van der Waals surface area contributed by atoms with Crippen molar-refractivity contribution in [2.24, 2.45) is 0 Å². The average molecular weight is 329 g/mol. The van der Waals surface area contributed by atoms with Gasteiger partial charge in [-0.3, -0.25) is 0 Å². The molecule has 0 aliphatic heterocycles. The van der Waals surface area contributed by atoms with Crippen LogP contribution in [0.2, 0.25) is 0 Å². The van der Waals surface area contributed by atoms with Crippen LogP contribution in [0.3, 0.4) is 0 Å². The molecule has 1 aromatic carbocycles. The number of hydrogen-bond donors (Lipinski definition) is 1. The Labute approximate surface area is 129 Å². The molecule has 2 rings (SSSR count). The number of halogens is 2. The molecule has 2 aromatic rings. The van der Waals surface area contributed by atoms with Crippen LogP contribution in [0, 0.1) is 11.6 Å². The van der Waals surface area contributed by atoms with Crippen LogP contribution in [0.1, 0.15) is 17.3 Å². The molecule has 118 valence electrons. The third-order valence-corrected chi connectivity index (χ3v) is 3.68. The number of methoxy groups -OCH3 is 1. The van der Waals surface area contributed by atoms with E-state index in [1.54, 1.807) is 6.92 Å². The van der Waals surface area contributed by atoms with Crippen LogP contribution >= 0.6 is 11.8 Å². The quantitative estimate of drug-likeness (QED) is 0.516. The van der Waals surface area contributed by atoms with Gasteiger partial charge in [0.25, 0.3) is 0 Å². The fraction of sp³-hybridized carbons (Fsp3) is 0.286. The second-order valence-corrected chi connectivity index (χ2v) is 5.11. The van der Waals surface area contributed by atoms with Crippen LogP contribution in [-0.4, -0.2) is 35.7 Å². The van der Waals surface area contributed by atoms with Gasteiger partial charge in [-0.05, 0) is 13.0 Å². The summed E-state index contributed by atoms with van der Waals surface area (Å²) in [6, 6.07) is 1.65. The van der Waals surface area contributed by atoms with Crippen LogP contribution < -0.4 is 0 Å².